The number of para-hydroxylation sites is 1. The van der Waals surface area contributed by atoms with Crippen LogP contribution in [0, 0.1) is 0 Å². The van der Waals surface area contributed by atoms with Gasteiger partial charge in [0.15, 0.2) is 5.76 Å². The summed E-state index contributed by atoms with van der Waals surface area (Å²) in [4.78, 5) is 8.57. The number of rotatable bonds is 5. The number of benzene rings is 1. The average Bonchev–Trinajstić information content (AvgIpc) is 3.37. The maximum Gasteiger partial charge on any atom is 0.206 e. The van der Waals surface area contributed by atoms with Gasteiger partial charge in [0.1, 0.15) is 5.69 Å². The second-order valence-electron chi connectivity index (χ2n) is 5.36. The van der Waals surface area contributed by atoms with Crippen LogP contribution < -0.4 is 4.80 Å². The molecule has 0 saturated heterocycles. The predicted octanol–water partition coefficient (Wildman–Crippen LogP) is 4.26. The van der Waals surface area contributed by atoms with E-state index in [1.807, 2.05) is 48.1 Å². The fourth-order valence-corrected chi connectivity index (χ4v) is 3.40. The van der Waals surface area contributed by atoms with E-state index in [1.165, 1.54) is 11.3 Å². The summed E-state index contributed by atoms with van der Waals surface area (Å²) >= 11 is 1.52. The van der Waals surface area contributed by atoms with Crippen LogP contribution in [0.25, 0.3) is 22.4 Å². The second kappa shape index (κ2) is 6.78. The van der Waals surface area contributed by atoms with Crippen molar-refractivity contribution >= 4 is 28.5 Å². The maximum atomic E-state index is 5.53. The van der Waals surface area contributed by atoms with E-state index in [9.17, 15) is 0 Å². The summed E-state index contributed by atoms with van der Waals surface area (Å²) in [5, 5.41) is 7.79. The van der Waals surface area contributed by atoms with Crippen LogP contribution in [0.4, 0.5) is 0 Å². The number of hydrogen-bond donors (Lipinski definition) is 1. The van der Waals surface area contributed by atoms with E-state index in [2.05, 4.69) is 27.7 Å². The van der Waals surface area contributed by atoms with Crippen molar-refractivity contribution in [1.82, 2.24) is 9.66 Å². The fraction of sp³-hybridized carbons (Fsp3) is 0.0526. The third-order valence-corrected chi connectivity index (χ3v) is 4.60. The Morgan fingerprint density at radius 3 is 3.00 bits per heavy atom. The number of aromatic amines is 1. The Bertz CT molecular complexity index is 1100. The molecule has 0 aliphatic rings. The summed E-state index contributed by atoms with van der Waals surface area (Å²) < 4.78 is 7.33. The molecule has 3 aromatic heterocycles. The van der Waals surface area contributed by atoms with Crippen molar-refractivity contribution in [2.45, 2.75) is 0 Å². The smallest absolute Gasteiger partial charge is 0.206 e. The summed E-state index contributed by atoms with van der Waals surface area (Å²) in [6, 6.07) is 11.9. The normalized spacial score (nSPS) is 12.4. The van der Waals surface area contributed by atoms with Gasteiger partial charge in [-0.3, -0.25) is 4.99 Å². The first kappa shape index (κ1) is 15.4. The van der Waals surface area contributed by atoms with Crippen LogP contribution in [0.1, 0.15) is 5.56 Å². The zero-order chi connectivity index (χ0) is 17.1. The molecule has 0 saturated carbocycles. The highest BCUT2D eigenvalue weighted by atomic mass is 32.1. The topological polar surface area (TPSA) is 58.6 Å². The average molecular weight is 348 g/mol. The SMILES string of the molecule is C=CCN=c1scc(-c2ccco2)n1/N=C/c1c[nH]c2ccccc12. The number of nitrogens with zero attached hydrogens (tertiary/aromatic N) is 3. The standard InChI is InChI=1S/C19H16N4OS/c1-2-9-20-19-23(17(13-25-19)18-8-5-10-24-18)22-12-14-11-21-16-7-4-3-6-15(14)16/h2-8,10-13,21H,1,9H2/b20-19?,22-12+. The van der Waals surface area contributed by atoms with Gasteiger partial charge >= 0.3 is 0 Å². The van der Waals surface area contributed by atoms with E-state index in [0.717, 1.165) is 32.7 Å². The maximum absolute atomic E-state index is 5.53. The highest BCUT2D eigenvalue weighted by Gasteiger charge is 2.10. The Hall–Kier alpha value is -3.12. The number of thiazole rings is 1. The fourth-order valence-electron chi connectivity index (χ4n) is 2.58. The van der Waals surface area contributed by atoms with Crippen molar-refractivity contribution in [2.24, 2.45) is 10.1 Å². The van der Waals surface area contributed by atoms with E-state index in [4.69, 9.17) is 4.42 Å². The van der Waals surface area contributed by atoms with Crippen molar-refractivity contribution in [3.05, 3.63) is 77.3 Å². The molecule has 0 bridgehead atoms. The number of fused-ring (bicyclic) bond motifs is 1. The van der Waals surface area contributed by atoms with Gasteiger partial charge in [0.25, 0.3) is 0 Å². The first-order valence-corrected chi connectivity index (χ1v) is 8.71. The third kappa shape index (κ3) is 2.99. The highest BCUT2D eigenvalue weighted by molar-refractivity contribution is 7.07. The van der Waals surface area contributed by atoms with Crippen LogP contribution >= 0.6 is 11.3 Å². The zero-order valence-corrected chi connectivity index (χ0v) is 14.2. The quantitative estimate of drug-likeness (QED) is 0.425. The van der Waals surface area contributed by atoms with Crippen molar-refractivity contribution < 1.29 is 4.42 Å². The molecule has 0 aliphatic heterocycles. The zero-order valence-electron chi connectivity index (χ0n) is 13.4. The monoisotopic (exact) mass is 348 g/mol. The molecule has 0 atom stereocenters. The Balaban J connectivity index is 1.80. The first-order chi connectivity index (χ1) is 12.4. The lowest BCUT2D eigenvalue weighted by Crippen LogP contribution is -2.12. The van der Waals surface area contributed by atoms with Crippen LogP contribution in [-0.2, 0) is 0 Å². The number of H-pyrrole nitrogens is 1. The van der Waals surface area contributed by atoms with Gasteiger partial charge in [0.2, 0.25) is 4.80 Å². The van der Waals surface area contributed by atoms with E-state index < -0.39 is 0 Å². The predicted molar refractivity (Wildman–Crippen MR) is 102 cm³/mol. The Morgan fingerprint density at radius 1 is 1.24 bits per heavy atom. The molecule has 6 heteroatoms. The van der Waals surface area contributed by atoms with Crippen LogP contribution in [0.2, 0.25) is 0 Å². The molecule has 0 fully saturated rings. The van der Waals surface area contributed by atoms with E-state index in [0.29, 0.717) is 6.54 Å². The van der Waals surface area contributed by atoms with Gasteiger partial charge in [-0.25, -0.2) is 4.68 Å². The van der Waals surface area contributed by atoms with Gasteiger partial charge in [-0.15, -0.1) is 17.9 Å². The van der Waals surface area contributed by atoms with Crippen molar-refractivity contribution in [2.75, 3.05) is 6.54 Å². The number of aromatic nitrogens is 2. The Kier molecular flexibility index (Phi) is 4.18. The summed E-state index contributed by atoms with van der Waals surface area (Å²) in [5.74, 6) is 0.757. The first-order valence-electron chi connectivity index (χ1n) is 7.83. The molecule has 3 heterocycles. The van der Waals surface area contributed by atoms with Gasteiger partial charge in [-0.2, -0.15) is 5.10 Å². The van der Waals surface area contributed by atoms with Gasteiger partial charge in [-0.05, 0) is 18.2 Å². The van der Waals surface area contributed by atoms with Gasteiger partial charge in [-0.1, -0.05) is 24.3 Å². The van der Waals surface area contributed by atoms with Crippen LogP contribution in [0.15, 0.2) is 81.4 Å². The third-order valence-electron chi connectivity index (χ3n) is 3.75. The van der Waals surface area contributed by atoms with Gasteiger partial charge in [0, 0.05) is 28.0 Å². The highest BCUT2D eigenvalue weighted by Crippen LogP contribution is 2.21. The van der Waals surface area contributed by atoms with Crippen LogP contribution in [-0.4, -0.2) is 22.4 Å². The minimum atomic E-state index is 0.542. The molecule has 0 spiro atoms. The van der Waals surface area contributed by atoms with Crippen LogP contribution in [0.5, 0.6) is 0 Å². The van der Waals surface area contributed by atoms with E-state index in [1.54, 1.807) is 17.0 Å². The molecule has 1 aromatic carbocycles. The van der Waals surface area contributed by atoms with Crippen LogP contribution in [0.3, 0.4) is 0 Å². The molecular formula is C19H16N4OS. The molecule has 1 N–H and O–H groups in total. The minimum absolute atomic E-state index is 0.542. The number of hydrogen-bond acceptors (Lipinski definition) is 4. The van der Waals surface area contributed by atoms with Gasteiger partial charge < -0.3 is 9.40 Å². The van der Waals surface area contributed by atoms with Gasteiger partial charge in [0.05, 0.1) is 19.0 Å². The molecule has 0 amide bonds. The molecule has 124 valence electrons. The largest absolute Gasteiger partial charge is 0.463 e. The summed E-state index contributed by atoms with van der Waals surface area (Å²) in [6.07, 6.45) is 7.21. The summed E-state index contributed by atoms with van der Waals surface area (Å²) in [6.45, 7) is 4.27. The van der Waals surface area contributed by atoms with Crippen molar-refractivity contribution in [1.29, 1.82) is 0 Å². The molecule has 25 heavy (non-hydrogen) atoms. The molecular weight excluding hydrogens is 332 g/mol. The molecule has 0 unspecified atom stereocenters. The Morgan fingerprint density at radius 2 is 2.16 bits per heavy atom. The minimum Gasteiger partial charge on any atom is -0.463 e. The molecule has 4 rings (SSSR count). The molecule has 0 radical (unpaired) electrons. The lowest BCUT2D eigenvalue weighted by atomic mass is 10.2. The lowest BCUT2D eigenvalue weighted by molar-refractivity contribution is 0.575. The number of furan rings is 1. The lowest BCUT2D eigenvalue weighted by Gasteiger charge is -2.00. The molecule has 0 aliphatic carbocycles. The van der Waals surface area contributed by atoms with E-state index >= 15 is 0 Å². The second-order valence-corrected chi connectivity index (χ2v) is 6.19. The molecule has 4 aromatic rings. The Labute approximate surface area is 148 Å². The summed E-state index contributed by atoms with van der Waals surface area (Å²) in [5.41, 5.74) is 2.98. The van der Waals surface area contributed by atoms with Crippen molar-refractivity contribution in [3.8, 4) is 11.5 Å². The summed E-state index contributed by atoms with van der Waals surface area (Å²) in [7, 11) is 0. The van der Waals surface area contributed by atoms with Crippen molar-refractivity contribution in [3.63, 3.8) is 0 Å². The molecule has 5 nitrogen and oxygen atoms in total. The number of nitrogens with one attached hydrogen (secondary N) is 1. The van der Waals surface area contributed by atoms with E-state index in [-0.39, 0.29) is 0 Å².